The molecule has 210 valence electrons. The first-order valence-electron chi connectivity index (χ1n) is 15.0. The van der Waals surface area contributed by atoms with Crippen LogP contribution in [0.2, 0.25) is 0 Å². The maximum absolute atomic E-state index is 6.14. The van der Waals surface area contributed by atoms with Gasteiger partial charge >= 0.3 is 0 Å². The van der Waals surface area contributed by atoms with Gasteiger partial charge in [0.2, 0.25) is 5.95 Å². The molecule has 4 nitrogen and oxygen atoms in total. The fourth-order valence-electron chi connectivity index (χ4n) is 6.77. The van der Waals surface area contributed by atoms with Gasteiger partial charge in [-0.15, -0.1) is 11.3 Å². The summed E-state index contributed by atoms with van der Waals surface area (Å²) in [5.74, 6) is 0.648. The fourth-order valence-corrected chi connectivity index (χ4v) is 8.03. The van der Waals surface area contributed by atoms with Gasteiger partial charge in [0.15, 0.2) is 0 Å². The van der Waals surface area contributed by atoms with Crippen LogP contribution in [0, 0.1) is 0 Å². The number of thiophene rings is 1. The van der Waals surface area contributed by atoms with E-state index in [0.29, 0.717) is 5.95 Å². The van der Waals surface area contributed by atoms with Crippen LogP contribution in [0.5, 0.6) is 0 Å². The molecule has 0 N–H and O–H groups in total. The average molecular weight is 594 g/mol. The van der Waals surface area contributed by atoms with Gasteiger partial charge in [-0.2, -0.15) is 0 Å². The van der Waals surface area contributed by atoms with Crippen molar-refractivity contribution >= 4 is 75.3 Å². The van der Waals surface area contributed by atoms with Crippen LogP contribution in [0.25, 0.3) is 92.4 Å². The predicted octanol–water partition coefficient (Wildman–Crippen LogP) is 11.2. The Kier molecular flexibility index (Phi) is 5.12. The maximum Gasteiger partial charge on any atom is 0.235 e. The third-order valence-corrected chi connectivity index (χ3v) is 10.0. The molecular weight excluding hydrogens is 571 g/mol. The predicted molar refractivity (Wildman–Crippen MR) is 187 cm³/mol. The number of hydrogen-bond donors (Lipinski definition) is 0. The molecule has 0 saturated carbocycles. The van der Waals surface area contributed by atoms with Crippen LogP contribution in [-0.4, -0.2) is 14.5 Å². The number of para-hydroxylation sites is 2. The molecule has 6 aromatic carbocycles. The lowest BCUT2D eigenvalue weighted by Gasteiger charge is -2.12. The first-order valence-corrected chi connectivity index (χ1v) is 15.8. The molecule has 0 spiro atoms. The molecule has 0 aliphatic carbocycles. The third kappa shape index (κ3) is 3.65. The second-order valence-corrected chi connectivity index (χ2v) is 12.5. The van der Waals surface area contributed by atoms with Gasteiger partial charge < -0.3 is 4.42 Å². The molecule has 5 heteroatoms. The van der Waals surface area contributed by atoms with Crippen molar-refractivity contribution in [2.24, 2.45) is 0 Å². The zero-order valence-electron chi connectivity index (χ0n) is 23.9. The molecule has 4 heterocycles. The van der Waals surface area contributed by atoms with E-state index in [1.54, 1.807) is 0 Å². The van der Waals surface area contributed by atoms with Crippen molar-refractivity contribution in [3.8, 4) is 28.5 Å². The summed E-state index contributed by atoms with van der Waals surface area (Å²) in [6.07, 6.45) is 0. The van der Waals surface area contributed by atoms with Gasteiger partial charge in [0.1, 0.15) is 11.2 Å². The van der Waals surface area contributed by atoms with E-state index in [1.807, 2.05) is 35.6 Å². The number of nitrogens with zero attached hydrogens (tertiary/aromatic N) is 3. The van der Waals surface area contributed by atoms with Crippen LogP contribution in [0.15, 0.2) is 144 Å². The summed E-state index contributed by atoms with van der Waals surface area (Å²) in [6, 6.07) is 48.7. The van der Waals surface area contributed by atoms with Gasteiger partial charge in [-0.25, -0.2) is 9.97 Å². The number of rotatable bonds is 3. The Morgan fingerprint density at radius 2 is 1.20 bits per heavy atom. The van der Waals surface area contributed by atoms with Crippen molar-refractivity contribution in [3.63, 3.8) is 0 Å². The summed E-state index contributed by atoms with van der Waals surface area (Å²) in [6.45, 7) is 0. The largest absolute Gasteiger partial charge is 0.456 e. The molecule has 0 bridgehead atoms. The molecular formula is C40H23N3OS. The van der Waals surface area contributed by atoms with Crippen molar-refractivity contribution in [3.05, 3.63) is 140 Å². The number of fused-ring (bicyclic) bond motifs is 10. The summed E-state index contributed by atoms with van der Waals surface area (Å²) in [4.78, 5) is 10.5. The normalized spacial score (nSPS) is 12.0. The summed E-state index contributed by atoms with van der Waals surface area (Å²) < 4.78 is 11.0. The molecule has 10 rings (SSSR count). The van der Waals surface area contributed by atoms with E-state index < -0.39 is 0 Å². The van der Waals surface area contributed by atoms with Gasteiger partial charge in [-0.1, -0.05) is 91.0 Å². The van der Waals surface area contributed by atoms with E-state index in [9.17, 15) is 0 Å². The van der Waals surface area contributed by atoms with Gasteiger partial charge in [0.05, 0.1) is 22.4 Å². The summed E-state index contributed by atoms with van der Waals surface area (Å²) in [5, 5.41) is 7.20. The van der Waals surface area contributed by atoms with Crippen LogP contribution in [-0.2, 0) is 0 Å². The lowest BCUT2D eigenvalue weighted by Crippen LogP contribution is -2.03. The Balaban J connectivity index is 1.28. The first kappa shape index (κ1) is 24.6. The van der Waals surface area contributed by atoms with Gasteiger partial charge in [0, 0.05) is 52.8 Å². The van der Waals surface area contributed by atoms with Crippen molar-refractivity contribution in [1.82, 2.24) is 14.5 Å². The Morgan fingerprint density at radius 1 is 0.489 bits per heavy atom. The van der Waals surface area contributed by atoms with Crippen LogP contribution in [0.1, 0.15) is 0 Å². The quantitative estimate of drug-likeness (QED) is 0.205. The topological polar surface area (TPSA) is 43.9 Å². The van der Waals surface area contributed by atoms with E-state index >= 15 is 0 Å². The molecule has 4 aromatic heterocycles. The molecule has 0 amide bonds. The lowest BCUT2D eigenvalue weighted by atomic mass is 10.0. The van der Waals surface area contributed by atoms with Crippen molar-refractivity contribution in [1.29, 1.82) is 0 Å². The molecule has 0 aliphatic rings. The fraction of sp³-hybridized carbons (Fsp3) is 0. The minimum Gasteiger partial charge on any atom is -0.456 e. The van der Waals surface area contributed by atoms with E-state index in [-0.39, 0.29) is 0 Å². The van der Waals surface area contributed by atoms with E-state index in [1.165, 1.54) is 30.9 Å². The van der Waals surface area contributed by atoms with Crippen molar-refractivity contribution < 1.29 is 4.42 Å². The highest BCUT2D eigenvalue weighted by atomic mass is 32.1. The molecule has 0 atom stereocenters. The van der Waals surface area contributed by atoms with Crippen molar-refractivity contribution in [2.75, 3.05) is 0 Å². The molecule has 0 aliphatic heterocycles. The average Bonchev–Trinajstić information content (AvgIpc) is 3.77. The molecule has 0 unspecified atom stereocenters. The zero-order valence-corrected chi connectivity index (χ0v) is 24.8. The van der Waals surface area contributed by atoms with Crippen LogP contribution in [0.4, 0.5) is 0 Å². The standard InChI is InChI=1S/C40H23N3OS/c1-2-10-24(11-3-1)31-23-32(25-18-21-36-30(22-25)26-12-5-8-16-35(26)44-36)42-40(41-31)43-33-15-7-4-14-29(33)38-34(43)20-19-28-27-13-6-9-17-37(27)45-39(28)38/h1-23H. The van der Waals surface area contributed by atoms with Gasteiger partial charge in [-0.3, -0.25) is 4.57 Å². The van der Waals surface area contributed by atoms with Gasteiger partial charge in [-0.05, 0) is 48.5 Å². The molecule has 0 radical (unpaired) electrons. The maximum atomic E-state index is 6.14. The second kappa shape index (κ2) is 9.36. The van der Waals surface area contributed by atoms with Gasteiger partial charge in [0.25, 0.3) is 0 Å². The minimum absolute atomic E-state index is 0.648. The Morgan fingerprint density at radius 3 is 2.09 bits per heavy atom. The smallest absolute Gasteiger partial charge is 0.235 e. The summed E-state index contributed by atoms with van der Waals surface area (Å²) in [7, 11) is 0. The highest BCUT2D eigenvalue weighted by Gasteiger charge is 2.20. The number of furan rings is 1. The number of hydrogen-bond acceptors (Lipinski definition) is 4. The minimum atomic E-state index is 0.648. The third-order valence-electron chi connectivity index (χ3n) is 8.84. The van der Waals surface area contributed by atoms with E-state index in [2.05, 4.69) is 120 Å². The second-order valence-electron chi connectivity index (χ2n) is 11.4. The van der Waals surface area contributed by atoms with Crippen LogP contribution < -0.4 is 0 Å². The lowest BCUT2D eigenvalue weighted by molar-refractivity contribution is 0.669. The molecule has 0 fully saturated rings. The first-order chi connectivity index (χ1) is 22.3. The van der Waals surface area contributed by atoms with Crippen molar-refractivity contribution in [2.45, 2.75) is 0 Å². The SMILES string of the molecule is c1ccc(-c2cc(-c3ccc4oc5ccccc5c4c3)nc(-n3c4ccccc4c4c5sc6ccccc6c5ccc43)n2)cc1. The molecule has 45 heavy (non-hydrogen) atoms. The Labute approximate surface area is 261 Å². The van der Waals surface area contributed by atoms with E-state index in [4.69, 9.17) is 14.4 Å². The highest BCUT2D eigenvalue weighted by molar-refractivity contribution is 7.26. The number of aromatic nitrogens is 3. The van der Waals surface area contributed by atoms with Crippen LogP contribution >= 0.6 is 11.3 Å². The highest BCUT2D eigenvalue weighted by Crippen LogP contribution is 2.43. The summed E-state index contributed by atoms with van der Waals surface area (Å²) in [5.41, 5.74) is 7.74. The molecule has 0 saturated heterocycles. The van der Waals surface area contributed by atoms with E-state index in [0.717, 1.165) is 55.5 Å². The molecule has 10 aromatic rings. The summed E-state index contributed by atoms with van der Waals surface area (Å²) >= 11 is 1.85. The monoisotopic (exact) mass is 593 g/mol. The zero-order chi connectivity index (χ0) is 29.5. The Bertz CT molecular complexity index is 2770. The number of benzene rings is 6. The van der Waals surface area contributed by atoms with Crippen LogP contribution in [0.3, 0.4) is 0 Å². The Hall–Kier alpha value is -5.78.